The number of nitro groups is 1. The van der Waals surface area contributed by atoms with E-state index < -0.39 is 29.2 Å². The van der Waals surface area contributed by atoms with Gasteiger partial charge in [-0.25, -0.2) is 0 Å². The molecule has 2 aromatic rings. The number of amides is 1. The molecule has 2 rings (SSSR count). The molecule has 0 radical (unpaired) electrons. The fourth-order valence-electron chi connectivity index (χ4n) is 1.80. The number of alkyl halides is 3. The highest BCUT2D eigenvalue weighted by Crippen LogP contribution is 2.33. The highest BCUT2D eigenvalue weighted by molar-refractivity contribution is 6.33. The summed E-state index contributed by atoms with van der Waals surface area (Å²) < 4.78 is 43.1. The summed E-state index contributed by atoms with van der Waals surface area (Å²) in [5.74, 6) is -0.546. The van der Waals surface area contributed by atoms with Crippen molar-refractivity contribution in [1.82, 2.24) is 0 Å². The van der Waals surface area contributed by atoms with Crippen molar-refractivity contribution >= 4 is 28.9 Å². The summed E-state index contributed by atoms with van der Waals surface area (Å²) in [5.41, 5.74) is -1.30. The monoisotopic (exact) mass is 374 g/mol. The molecule has 0 aliphatic rings. The van der Waals surface area contributed by atoms with Crippen LogP contribution in [0.1, 0.15) is 5.56 Å². The predicted octanol–water partition coefficient (Wildman–Crippen LogP) is 4.28. The average molecular weight is 375 g/mol. The third-order valence-electron chi connectivity index (χ3n) is 2.99. The normalized spacial score (nSPS) is 11.0. The molecule has 0 aliphatic carbocycles. The second-order valence-corrected chi connectivity index (χ2v) is 5.19. The maximum absolute atomic E-state index is 12.7. The molecule has 0 aromatic heterocycles. The fraction of sp³-hybridized carbons (Fsp3) is 0.133. The lowest BCUT2D eigenvalue weighted by atomic mass is 10.2. The van der Waals surface area contributed by atoms with Crippen LogP contribution >= 0.6 is 11.6 Å². The molecule has 1 amide bonds. The molecular weight excluding hydrogens is 365 g/mol. The zero-order valence-electron chi connectivity index (χ0n) is 12.3. The third-order valence-corrected chi connectivity index (χ3v) is 3.31. The van der Waals surface area contributed by atoms with Crippen molar-refractivity contribution in [3.8, 4) is 5.75 Å². The quantitative estimate of drug-likeness (QED) is 0.625. The van der Waals surface area contributed by atoms with Crippen molar-refractivity contribution in [2.24, 2.45) is 0 Å². The molecule has 0 fully saturated rings. The summed E-state index contributed by atoms with van der Waals surface area (Å²) >= 11 is 5.77. The molecule has 0 spiro atoms. The van der Waals surface area contributed by atoms with Crippen LogP contribution in [0.2, 0.25) is 5.02 Å². The number of nitrogens with zero attached hydrogens (tertiary/aromatic N) is 1. The Morgan fingerprint density at radius 2 is 1.84 bits per heavy atom. The van der Waals surface area contributed by atoms with Gasteiger partial charge in [-0.05, 0) is 30.3 Å². The van der Waals surface area contributed by atoms with Crippen LogP contribution in [0, 0.1) is 10.1 Å². The Hall–Kier alpha value is -2.81. The van der Waals surface area contributed by atoms with Gasteiger partial charge in [-0.2, -0.15) is 13.2 Å². The van der Waals surface area contributed by atoms with Gasteiger partial charge < -0.3 is 10.1 Å². The molecule has 0 saturated carbocycles. The number of rotatable bonds is 5. The number of ether oxygens (including phenoxy) is 1. The molecule has 0 bridgehead atoms. The number of benzene rings is 2. The van der Waals surface area contributed by atoms with E-state index in [0.29, 0.717) is 6.07 Å². The molecular formula is C15H10ClF3N2O4. The smallest absolute Gasteiger partial charge is 0.416 e. The van der Waals surface area contributed by atoms with Crippen molar-refractivity contribution in [3.05, 3.63) is 63.2 Å². The molecule has 1 N–H and O–H groups in total. The van der Waals surface area contributed by atoms with Gasteiger partial charge in [0.2, 0.25) is 0 Å². The topological polar surface area (TPSA) is 81.5 Å². The van der Waals surface area contributed by atoms with E-state index in [1.54, 1.807) is 0 Å². The zero-order valence-corrected chi connectivity index (χ0v) is 13.1. The molecule has 0 aliphatic heterocycles. The molecule has 132 valence electrons. The first-order chi connectivity index (χ1) is 11.7. The van der Waals surface area contributed by atoms with Crippen molar-refractivity contribution in [2.75, 3.05) is 11.9 Å². The van der Waals surface area contributed by atoms with Gasteiger partial charge >= 0.3 is 6.18 Å². The lowest BCUT2D eigenvalue weighted by Gasteiger charge is -2.12. The van der Waals surface area contributed by atoms with E-state index in [2.05, 4.69) is 5.32 Å². The van der Waals surface area contributed by atoms with Gasteiger partial charge in [-0.3, -0.25) is 14.9 Å². The SMILES string of the molecule is O=C(COc1ccc([N+](=O)[O-])cc1)Nc1cc(C(F)(F)F)ccc1Cl. The largest absolute Gasteiger partial charge is 0.484 e. The van der Waals surface area contributed by atoms with Gasteiger partial charge in [0, 0.05) is 12.1 Å². The van der Waals surface area contributed by atoms with E-state index in [1.807, 2.05) is 0 Å². The second-order valence-electron chi connectivity index (χ2n) is 4.78. The van der Waals surface area contributed by atoms with Crippen LogP contribution in [-0.4, -0.2) is 17.4 Å². The molecule has 25 heavy (non-hydrogen) atoms. The van der Waals surface area contributed by atoms with Gasteiger partial charge in [0.05, 0.1) is 21.2 Å². The van der Waals surface area contributed by atoms with Gasteiger partial charge in [0.25, 0.3) is 11.6 Å². The number of non-ortho nitro benzene ring substituents is 1. The molecule has 6 nitrogen and oxygen atoms in total. The van der Waals surface area contributed by atoms with Crippen LogP contribution in [0.5, 0.6) is 5.75 Å². The zero-order chi connectivity index (χ0) is 18.6. The van der Waals surface area contributed by atoms with Gasteiger partial charge in [0.1, 0.15) is 5.75 Å². The Morgan fingerprint density at radius 3 is 2.40 bits per heavy atom. The predicted molar refractivity (Wildman–Crippen MR) is 83.7 cm³/mol. The van der Waals surface area contributed by atoms with Crippen molar-refractivity contribution in [1.29, 1.82) is 0 Å². The number of anilines is 1. The summed E-state index contributed by atoms with van der Waals surface area (Å²) in [4.78, 5) is 21.7. The number of carbonyl (C=O) groups excluding carboxylic acids is 1. The highest BCUT2D eigenvalue weighted by Gasteiger charge is 2.31. The van der Waals surface area contributed by atoms with Gasteiger partial charge in [0.15, 0.2) is 6.61 Å². The van der Waals surface area contributed by atoms with Gasteiger partial charge in [-0.15, -0.1) is 0 Å². The standard InChI is InChI=1S/C15H10ClF3N2O4/c16-12-6-1-9(15(17,18)19)7-13(12)20-14(22)8-25-11-4-2-10(3-5-11)21(23)24/h1-7H,8H2,(H,20,22). The van der Waals surface area contributed by atoms with E-state index in [0.717, 1.165) is 12.1 Å². The summed E-state index contributed by atoms with van der Waals surface area (Å²) in [5, 5.41) is 12.7. The van der Waals surface area contributed by atoms with E-state index in [-0.39, 0.29) is 22.1 Å². The Labute approximate surface area is 144 Å². The van der Waals surface area contributed by atoms with Crippen LogP contribution in [0.25, 0.3) is 0 Å². The minimum atomic E-state index is -4.57. The first kappa shape index (κ1) is 18.5. The summed E-state index contributed by atoms with van der Waals surface area (Å²) in [6.07, 6.45) is -4.57. The lowest BCUT2D eigenvalue weighted by Crippen LogP contribution is -2.20. The minimum absolute atomic E-state index is 0.0586. The Morgan fingerprint density at radius 1 is 1.20 bits per heavy atom. The second kappa shape index (κ2) is 7.39. The van der Waals surface area contributed by atoms with E-state index in [1.165, 1.54) is 24.3 Å². The van der Waals surface area contributed by atoms with E-state index in [9.17, 15) is 28.1 Å². The van der Waals surface area contributed by atoms with E-state index >= 15 is 0 Å². The molecule has 2 aromatic carbocycles. The summed E-state index contributed by atoms with van der Waals surface area (Å²) in [6.45, 7) is -0.510. The highest BCUT2D eigenvalue weighted by atomic mass is 35.5. The van der Waals surface area contributed by atoms with E-state index in [4.69, 9.17) is 16.3 Å². The molecule has 0 unspecified atom stereocenters. The van der Waals surface area contributed by atoms with Crippen LogP contribution in [0.15, 0.2) is 42.5 Å². The number of hydrogen-bond acceptors (Lipinski definition) is 4. The summed E-state index contributed by atoms with van der Waals surface area (Å²) in [7, 11) is 0. The molecule has 0 heterocycles. The number of halogens is 4. The summed E-state index contributed by atoms with van der Waals surface area (Å²) in [6, 6.07) is 7.51. The van der Waals surface area contributed by atoms with Crippen molar-refractivity contribution < 1.29 is 27.6 Å². The number of carbonyl (C=O) groups is 1. The van der Waals surface area contributed by atoms with Crippen LogP contribution in [-0.2, 0) is 11.0 Å². The van der Waals surface area contributed by atoms with Gasteiger partial charge in [-0.1, -0.05) is 11.6 Å². The first-order valence-electron chi connectivity index (χ1n) is 6.70. The van der Waals surface area contributed by atoms with Crippen LogP contribution < -0.4 is 10.1 Å². The Balaban J connectivity index is 1.99. The average Bonchev–Trinajstić information content (AvgIpc) is 2.54. The van der Waals surface area contributed by atoms with Crippen LogP contribution in [0.4, 0.5) is 24.5 Å². The number of nitrogens with one attached hydrogen (secondary N) is 1. The first-order valence-corrected chi connectivity index (χ1v) is 7.08. The minimum Gasteiger partial charge on any atom is -0.484 e. The van der Waals surface area contributed by atoms with Crippen molar-refractivity contribution in [2.45, 2.75) is 6.18 Å². The maximum Gasteiger partial charge on any atom is 0.416 e. The fourth-order valence-corrected chi connectivity index (χ4v) is 1.96. The Kier molecular flexibility index (Phi) is 5.48. The maximum atomic E-state index is 12.7. The van der Waals surface area contributed by atoms with Crippen LogP contribution in [0.3, 0.4) is 0 Å². The molecule has 0 atom stereocenters. The Bertz CT molecular complexity index is 794. The number of hydrogen-bond donors (Lipinski definition) is 1. The van der Waals surface area contributed by atoms with Crippen molar-refractivity contribution in [3.63, 3.8) is 0 Å². The molecule has 10 heteroatoms. The number of nitro benzene ring substituents is 1. The molecule has 0 saturated heterocycles. The lowest BCUT2D eigenvalue weighted by molar-refractivity contribution is -0.384. The third kappa shape index (κ3) is 5.08.